The molecule has 0 radical (unpaired) electrons. The molecule has 3 aliphatic rings. The highest BCUT2D eigenvalue weighted by atomic mass is 19.1. The topological polar surface area (TPSA) is 158 Å². The molecule has 6 N–H and O–H groups in total. The molecule has 146 valence electrons. The maximum absolute atomic E-state index is 14.2. The third-order valence-electron chi connectivity index (χ3n) is 5.89. The normalized spacial score (nSPS) is 29.4. The summed E-state index contributed by atoms with van der Waals surface area (Å²) < 4.78 is 14.2. The average molecular weight is 389 g/mol. The summed E-state index contributed by atoms with van der Waals surface area (Å²) in [6, 6.07) is 2.06. The van der Waals surface area contributed by atoms with Crippen LogP contribution in [-0.4, -0.2) is 43.5 Å². The van der Waals surface area contributed by atoms with Crippen LogP contribution in [0.1, 0.15) is 24.0 Å². The molecule has 0 spiro atoms. The zero-order valence-corrected chi connectivity index (χ0v) is 14.4. The van der Waals surface area contributed by atoms with Gasteiger partial charge in [0.2, 0.25) is 5.78 Å². The van der Waals surface area contributed by atoms with E-state index >= 15 is 0 Å². The molecule has 1 aromatic rings. The number of phenols is 1. The first-order valence-electron chi connectivity index (χ1n) is 8.56. The van der Waals surface area contributed by atoms with Gasteiger partial charge in [0, 0.05) is 23.5 Å². The predicted molar refractivity (Wildman–Crippen MR) is 91.3 cm³/mol. The van der Waals surface area contributed by atoms with Crippen molar-refractivity contribution in [2.45, 2.75) is 24.9 Å². The molecule has 0 aliphatic heterocycles. The van der Waals surface area contributed by atoms with Gasteiger partial charge in [0.25, 0.3) is 5.91 Å². The van der Waals surface area contributed by atoms with Gasteiger partial charge in [-0.2, -0.15) is 0 Å². The molecule has 3 aliphatic carbocycles. The lowest BCUT2D eigenvalue weighted by Crippen LogP contribution is -2.58. The van der Waals surface area contributed by atoms with E-state index in [0.29, 0.717) is 0 Å². The Bertz CT molecular complexity index is 1040. The Labute approximate surface area is 157 Å². The van der Waals surface area contributed by atoms with E-state index in [2.05, 4.69) is 0 Å². The number of Topliss-reactive ketones (excluding diaryl/α,β-unsaturated/α-hetero) is 2. The maximum Gasteiger partial charge on any atom is 0.255 e. The number of aliphatic hydroxyl groups excluding tert-OH is 2. The van der Waals surface area contributed by atoms with Gasteiger partial charge in [-0.25, -0.2) is 4.39 Å². The maximum atomic E-state index is 14.2. The van der Waals surface area contributed by atoms with Crippen molar-refractivity contribution >= 4 is 23.2 Å². The minimum atomic E-state index is -2.61. The van der Waals surface area contributed by atoms with E-state index in [1.54, 1.807) is 0 Å². The summed E-state index contributed by atoms with van der Waals surface area (Å²) >= 11 is 0. The number of phenolic OH excluding ortho intramolecular Hbond substituents is 1. The number of ketones is 2. The van der Waals surface area contributed by atoms with Crippen LogP contribution in [0.3, 0.4) is 0 Å². The minimum absolute atomic E-state index is 0.0178. The first kappa shape index (κ1) is 18.2. The fraction of sp³-hybridized carbons (Fsp3) is 0.316. The highest BCUT2D eigenvalue weighted by Crippen LogP contribution is 2.52. The molecule has 1 amide bonds. The molecule has 0 heterocycles. The van der Waals surface area contributed by atoms with E-state index in [0.717, 1.165) is 12.1 Å². The number of hydrogen-bond donors (Lipinski definition) is 5. The number of amides is 1. The number of primary amides is 1. The zero-order valence-electron chi connectivity index (χ0n) is 14.4. The molecule has 28 heavy (non-hydrogen) atoms. The Balaban J connectivity index is 1.95. The van der Waals surface area contributed by atoms with E-state index in [1.165, 1.54) is 0 Å². The second-order valence-corrected chi connectivity index (χ2v) is 7.33. The number of hydrogen-bond acceptors (Lipinski definition) is 7. The number of halogens is 1. The van der Waals surface area contributed by atoms with Crippen molar-refractivity contribution in [2.24, 2.45) is 17.6 Å². The smallest absolute Gasteiger partial charge is 0.255 e. The van der Waals surface area contributed by atoms with E-state index in [1.807, 2.05) is 0 Å². The zero-order chi connectivity index (χ0) is 20.5. The number of aliphatic hydroxyl groups is 3. The minimum Gasteiger partial charge on any atom is -0.508 e. The van der Waals surface area contributed by atoms with Crippen LogP contribution in [0.4, 0.5) is 4.39 Å². The third kappa shape index (κ3) is 2.10. The fourth-order valence-electron chi connectivity index (χ4n) is 4.58. The van der Waals surface area contributed by atoms with Crippen LogP contribution >= 0.6 is 0 Å². The highest BCUT2D eigenvalue weighted by molar-refractivity contribution is 6.22. The molecule has 9 heteroatoms. The molecule has 8 nitrogen and oxygen atoms in total. The van der Waals surface area contributed by atoms with Crippen LogP contribution in [0.5, 0.6) is 5.75 Å². The first-order chi connectivity index (χ1) is 13.1. The second kappa shape index (κ2) is 5.65. The summed E-state index contributed by atoms with van der Waals surface area (Å²) in [5, 5.41) is 42.0. The van der Waals surface area contributed by atoms with Gasteiger partial charge in [-0.3, -0.25) is 14.4 Å². The van der Waals surface area contributed by atoms with Crippen LogP contribution in [0.2, 0.25) is 0 Å². The van der Waals surface area contributed by atoms with Gasteiger partial charge in [-0.1, -0.05) is 0 Å². The van der Waals surface area contributed by atoms with Crippen molar-refractivity contribution in [1.29, 1.82) is 0 Å². The lowest BCUT2D eigenvalue weighted by atomic mass is 9.59. The Morgan fingerprint density at radius 1 is 1.18 bits per heavy atom. The van der Waals surface area contributed by atoms with Gasteiger partial charge in [-0.15, -0.1) is 0 Å². The molecule has 1 fully saturated rings. The molecule has 3 atom stereocenters. The van der Waals surface area contributed by atoms with E-state index in [9.17, 15) is 39.2 Å². The Kier molecular flexibility index (Phi) is 3.67. The molecule has 4 rings (SSSR count). The third-order valence-corrected chi connectivity index (χ3v) is 5.89. The quantitative estimate of drug-likeness (QED) is 0.439. The van der Waals surface area contributed by atoms with Crippen LogP contribution in [0, 0.1) is 17.7 Å². The van der Waals surface area contributed by atoms with Crippen LogP contribution < -0.4 is 5.73 Å². The molecule has 1 saturated carbocycles. The lowest BCUT2D eigenvalue weighted by Gasteiger charge is -2.46. The molecule has 0 aromatic heterocycles. The SMILES string of the molecule is NC(=O)C1=C(O)[C@@]2(O)C(=O)C3=C(O)c4c(O)ccc(F)c4C[C@H]3C[C@H]2CC1=O. The van der Waals surface area contributed by atoms with Crippen molar-refractivity contribution in [3.63, 3.8) is 0 Å². The Morgan fingerprint density at radius 3 is 2.50 bits per heavy atom. The van der Waals surface area contributed by atoms with Crippen molar-refractivity contribution in [3.8, 4) is 5.75 Å². The number of nitrogens with two attached hydrogens (primary N) is 1. The van der Waals surface area contributed by atoms with Crippen molar-refractivity contribution in [2.75, 3.05) is 0 Å². The van der Waals surface area contributed by atoms with Crippen molar-refractivity contribution < 1.29 is 39.2 Å². The van der Waals surface area contributed by atoms with Crippen LogP contribution in [0.15, 0.2) is 29.0 Å². The van der Waals surface area contributed by atoms with Gasteiger partial charge < -0.3 is 26.2 Å². The van der Waals surface area contributed by atoms with Gasteiger partial charge >= 0.3 is 0 Å². The summed E-state index contributed by atoms with van der Waals surface area (Å²) in [4.78, 5) is 36.8. The molecule has 0 bridgehead atoms. The van der Waals surface area contributed by atoms with Gasteiger partial charge in [-0.05, 0) is 30.9 Å². The fourth-order valence-corrected chi connectivity index (χ4v) is 4.58. The molecule has 0 unspecified atom stereocenters. The molecular weight excluding hydrogens is 373 g/mol. The standard InChI is InChI=1S/C19H16FNO7/c20-9-1-2-10(22)13-8(9)4-6-3-7-5-11(23)14(18(21)27)17(26)19(7,28)16(25)12(6)15(13)24/h1-2,6-7,22,24,26,28H,3-5H2,(H2,21,27)/t6-,7+,19+/m1/s1. The van der Waals surface area contributed by atoms with Gasteiger partial charge in [0.15, 0.2) is 11.4 Å². The van der Waals surface area contributed by atoms with Crippen molar-refractivity contribution in [1.82, 2.24) is 0 Å². The highest BCUT2D eigenvalue weighted by Gasteiger charge is 2.60. The van der Waals surface area contributed by atoms with Gasteiger partial charge in [0.1, 0.15) is 28.7 Å². The number of fused-ring (bicyclic) bond motifs is 3. The van der Waals surface area contributed by atoms with E-state index in [4.69, 9.17) is 5.73 Å². The Morgan fingerprint density at radius 2 is 1.86 bits per heavy atom. The summed E-state index contributed by atoms with van der Waals surface area (Å²) in [6.45, 7) is 0. The summed E-state index contributed by atoms with van der Waals surface area (Å²) in [5.41, 5.74) is 1.10. The summed E-state index contributed by atoms with van der Waals surface area (Å²) in [6.07, 6.45) is -0.489. The van der Waals surface area contributed by atoms with Crippen LogP contribution in [0.25, 0.3) is 5.76 Å². The summed E-state index contributed by atoms with van der Waals surface area (Å²) in [5.74, 6) is -7.96. The number of carbonyl (C=O) groups is 3. The Hall–Kier alpha value is -3.20. The van der Waals surface area contributed by atoms with Crippen LogP contribution in [-0.2, 0) is 20.8 Å². The first-order valence-corrected chi connectivity index (χ1v) is 8.56. The molecule has 1 aromatic carbocycles. The second-order valence-electron chi connectivity index (χ2n) is 7.33. The predicted octanol–water partition coefficient (Wildman–Crippen LogP) is 0.563. The number of carbonyl (C=O) groups excluding carboxylic acids is 3. The summed E-state index contributed by atoms with van der Waals surface area (Å²) in [7, 11) is 0. The number of rotatable bonds is 1. The number of benzene rings is 1. The monoisotopic (exact) mass is 389 g/mol. The van der Waals surface area contributed by atoms with E-state index in [-0.39, 0.29) is 29.5 Å². The van der Waals surface area contributed by atoms with Crippen molar-refractivity contribution in [3.05, 3.63) is 46.0 Å². The van der Waals surface area contributed by atoms with E-state index < -0.39 is 70.0 Å². The lowest BCUT2D eigenvalue weighted by molar-refractivity contribution is -0.147. The molecule has 0 saturated heterocycles. The van der Waals surface area contributed by atoms with Gasteiger partial charge in [0.05, 0.1) is 5.56 Å². The largest absolute Gasteiger partial charge is 0.508 e. The number of aromatic hydroxyl groups is 1. The molecular formula is C19H16FNO7. The average Bonchev–Trinajstić information content (AvgIpc) is 2.61.